The van der Waals surface area contributed by atoms with Crippen LogP contribution in [0.4, 0.5) is 0 Å². The molecule has 0 saturated carbocycles. The lowest BCUT2D eigenvalue weighted by atomic mass is 10.2. The summed E-state index contributed by atoms with van der Waals surface area (Å²) in [6, 6.07) is 14.3. The van der Waals surface area contributed by atoms with E-state index in [1.54, 1.807) is 24.3 Å². The summed E-state index contributed by atoms with van der Waals surface area (Å²) in [5.74, 6) is 0.0376. The molecule has 0 aliphatic carbocycles. The number of halogens is 1. The summed E-state index contributed by atoms with van der Waals surface area (Å²) < 4.78 is 5.56. The highest BCUT2D eigenvalue weighted by Gasteiger charge is 2.10. The van der Waals surface area contributed by atoms with E-state index < -0.39 is 5.91 Å². The van der Waals surface area contributed by atoms with E-state index in [4.69, 9.17) is 16.3 Å². The minimum atomic E-state index is -0.454. The van der Waals surface area contributed by atoms with Gasteiger partial charge in [0.2, 0.25) is 5.91 Å². The zero-order valence-electron chi connectivity index (χ0n) is 13.3. The normalized spacial score (nSPS) is 10.1. The van der Waals surface area contributed by atoms with Gasteiger partial charge in [-0.3, -0.25) is 20.4 Å². The first-order valence-corrected chi connectivity index (χ1v) is 7.97. The molecule has 2 N–H and O–H groups in total. The third-order valence-corrected chi connectivity index (χ3v) is 3.57. The lowest BCUT2D eigenvalue weighted by Crippen LogP contribution is -2.41. The number of hydrogen-bond donors (Lipinski definition) is 2. The van der Waals surface area contributed by atoms with Gasteiger partial charge in [-0.2, -0.15) is 0 Å². The second-order valence-corrected chi connectivity index (χ2v) is 5.66. The van der Waals surface area contributed by atoms with Crippen molar-refractivity contribution in [3.63, 3.8) is 0 Å². The Morgan fingerprint density at radius 3 is 2.62 bits per heavy atom. The van der Waals surface area contributed by atoms with Crippen LogP contribution in [0.3, 0.4) is 0 Å². The second kappa shape index (κ2) is 8.93. The molecule has 126 valence electrons. The van der Waals surface area contributed by atoms with Crippen LogP contribution in [0, 0.1) is 6.92 Å². The van der Waals surface area contributed by atoms with Gasteiger partial charge in [-0.1, -0.05) is 35.9 Å². The largest absolute Gasteiger partial charge is 0.494 e. The van der Waals surface area contributed by atoms with Crippen molar-refractivity contribution in [3.8, 4) is 5.75 Å². The van der Waals surface area contributed by atoms with E-state index in [0.29, 0.717) is 23.6 Å². The summed E-state index contributed by atoms with van der Waals surface area (Å²) >= 11 is 5.92. The van der Waals surface area contributed by atoms with Gasteiger partial charge in [-0.15, -0.1) is 0 Å². The van der Waals surface area contributed by atoms with Gasteiger partial charge in [-0.25, -0.2) is 0 Å². The smallest absolute Gasteiger partial charge is 0.271 e. The molecule has 2 rings (SSSR count). The Kier molecular flexibility index (Phi) is 6.63. The van der Waals surface area contributed by atoms with E-state index in [-0.39, 0.29) is 12.3 Å². The lowest BCUT2D eigenvalue weighted by molar-refractivity contribution is -0.122. The maximum atomic E-state index is 11.9. The van der Waals surface area contributed by atoms with Crippen LogP contribution < -0.4 is 15.6 Å². The number of benzene rings is 2. The quantitative estimate of drug-likeness (QED) is 0.623. The predicted octanol–water partition coefficient (Wildman–Crippen LogP) is 3.27. The third-order valence-electron chi connectivity index (χ3n) is 3.24. The van der Waals surface area contributed by atoms with E-state index in [2.05, 4.69) is 10.9 Å². The fraction of sp³-hybridized carbons (Fsp3) is 0.222. The number of hydrogen-bond acceptors (Lipinski definition) is 3. The van der Waals surface area contributed by atoms with Gasteiger partial charge in [0.25, 0.3) is 5.91 Å². The van der Waals surface area contributed by atoms with Crippen LogP contribution in [0.15, 0.2) is 48.5 Å². The van der Waals surface area contributed by atoms with E-state index in [1.165, 1.54) is 0 Å². The SMILES string of the molecule is Cc1cccc(OCCCC(=O)NNC(=O)c2ccccc2Cl)c1. The van der Waals surface area contributed by atoms with Crippen molar-refractivity contribution in [2.75, 3.05) is 6.61 Å². The van der Waals surface area contributed by atoms with Crippen molar-refractivity contribution in [1.29, 1.82) is 0 Å². The van der Waals surface area contributed by atoms with Gasteiger partial charge in [0, 0.05) is 6.42 Å². The Hall–Kier alpha value is -2.53. The lowest BCUT2D eigenvalue weighted by Gasteiger charge is -2.09. The van der Waals surface area contributed by atoms with Crippen molar-refractivity contribution in [2.45, 2.75) is 19.8 Å². The number of rotatable bonds is 6. The molecule has 6 heteroatoms. The van der Waals surface area contributed by atoms with Crippen molar-refractivity contribution >= 4 is 23.4 Å². The fourth-order valence-corrected chi connectivity index (χ4v) is 2.25. The van der Waals surface area contributed by atoms with E-state index in [9.17, 15) is 9.59 Å². The number of carbonyl (C=O) groups excluding carboxylic acids is 2. The molecule has 2 aromatic rings. The van der Waals surface area contributed by atoms with Gasteiger partial charge < -0.3 is 4.74 Å². The van der Waals surface area contributed by atoms with Gasteiger partial charge in [-0.05, 0) is 43.2 Å². The molecule has 0 saturated heterocycles. The average Bonchev–Trinajstić information content (AvgIpc) is 2.57. The van der Waals surface area contributed by atoms with Gasteiger partial charge in [0.05, 0.1) is 17.2 Å². The van der Waals surface area contributed by atoms with Crippen molar-refractivity contribution in [2.24, 2.45) is 0 Å². The van der Waals surface area contributed by atoms with E-state index in [1.807, 2.05) is 31.2 Å². The van der Waals surface area contributed by atoms with Gasteiger partial charge in [0.15, 0.2) is 0 Å². The second-order valence-electron chi connectivity index (χ2n) is 5.25. The first kappa shape index (κ1) is 17.8. The number of hydrazine groups is 1. The van der Waals surface area contributed by atoms with Crippen LogP contribution in [0.5, 0.6) is 5.75 Å². The number of aryl methyl sites for hydroxylation is 1. The van der Waals surface area contributed by atoms with Crippen LogP contribution in [-0.2, 0) is 4.79 Å². The summed E-state index contributed by atoms with van der Waals surface area (Å²) in [6.07, 6.45) is 0.788. The van der Waals surface area contributed by atoms with Crippen LogP contribution >= 0.6 is 11.6 Å². The van der Waals surface area contributed by atoms with Crippen molar-refractivity contribution < 1.29 is 14.3 Å². The molecule has 0 aliphatic heterocycles. The first-order chi connectivity index (χ1) is 11.6. The maximum absolute atomic E-state index is 11.9. The molecular formula is C18H19ClN2O3. The van der Waals surface area contributed by atoms with Crippen LogP contribution in [0.25, 0.3) is 0 Å². The Morgan fingerprint density at radius 2 is 1.88 bits per heavy atom. The number of carbonyl (C=O) groups is 2. The average molecular weight is 347 g/mol. The van der Waals surface area contributed by atoms with E-state index in [0.717, 1.165) is 11.3 Å². The molecule has 2 aromatic carbocycles. The van der Waals surface area contributed by atoms with Gasteiger partial charge in [0.1, 0.15) is 5.75 Å². The Labute approximate surface area is 145 Å². The summed E-state index contributed by atoms with van der Waals surface area (Å²) in [7, 11) is 0. The standard InChI is InChI=1S/C18H19ClN2O3/c1-13-6-4-7-14(12-13)24-11-5-10-17(22)20-21-18(23)15-8-2-3-9-16(15)19/h2-4,6-9,12H,5,10-11H2,1H3,(H,20,22)(H,21,23). The number of nitrogens with one attached hydrogen (secondary N) is 2. The third kappa shape index (κ3) is 5.59. The first-order valence-electron chi connectivity index (χ1n) is 7.59. The highest BCUT2D eigenvalue weighted by Crippen LogP contribution is 2.14. The molecule has 0 atom stereocenters. The summed E-state index contributed by atoms with van der Waals surface area (Å²) in [4.78, 5) is 23.6. The maximum Gasteiger partial charge on any atom is 0.271 e. The molecule has 0 heterocycles. The van der Waals surface area contributed by atoms with Crippen LogP contribution in [0.1, 0.15) is 28.8 Å². The highest BCUT2D eigenvalue weighted by molar-refractivity contribution is 6.33. The Bertz CT molecular complexity index is 719. The fourth-order valence-electron chi connectivity index (χ4n) is 2.03. The molecule has 0 aliphatic rings. The molecule has 0 radical (unpaired) electrons. The van der Waals surface area contributed by atoms with Crippen LogP contribution in [-0.4, -0.2) is 18.4 Å². The minimum Gasteiger partial charge on any atom is -0.494 e. The molecular weight excluding hydrogens is 328 g/mol. The molecule has 0 aromatic heterocycles. The molecule has 0 fully saturated rings. The number of amides is 2. The zero-order chi connectivity index (χ0) is 17.4. The Balaban J connectivity index is 1.66. The Morgan fingerprint density at radius 1 is 1.08 bits per heavy atom. The molecule has 0 spiro atoms. The molecule has 5 nitrogen and oxygen atoms in total. The summed E-state index contributed by atoms with van der Waals surface area (Å²) in [5, 5.41) is 0.329. The number of ether oxygens (including phenoxy) is 1. The minimum absolute atomic E-state index is 0.245. The molecule has 0 unspecified atom stereocenters. The van der Waals surface area contributed by atoms with E-state index >= 15 is 0 Å². The zero-order valence-corrected chi connectivity index (χ0v) is 14.1. The topological polar surface area (TPSA) is 67.4 Å². The summed E-state index contributed by atoms with van der Waals surface area (Å²) in [6.45, 7) is 2.41. The van der Waals surface area contributed by atoms with Crippen LogP contribution in [0.2, 0.25) is 5.02 Å². The molecule has 0 bridgehead atoms. The summed E-state index contributed by atoms with van der Waals surface area (Å²) in [5.41, 5.74) is 6.13. The molecule has 2 amide bonds. The molecule has 24 heavy (non-hydrogen) atoms. The highest BCUT2D eigenvalue weighted by atomic mass is 35.5. The predicted molar refractivity (Wildman–Crippen MR) is 93.0 cm³/mol. The van der Waals surface area contributed by atoms with Crippen molar-refractivity contribution in [3.05, 3.63) is 64.7 Å². The monoisotopic (exact) mass is 346 g/mol. The van der Waals surface area contributed by atoms with Crippen molar-refractivity contribution in [1.82, 2.24) is 10.9 Å². The van der Waals surface area contributed by atoms with Gasteiger partial charge >= 0.3 is 0 Å².